The molecule has 0 radical (unpaired) electrons. The van der Waals surface area contributed by atoms with E-state index in [1.165, 1.54) is 44.2 Å². The van der Waals surface area contributed by atoms with Crippen LogP contribution >= 0.6 is 0 Å². The van der Waals surface area contributed by atoms with Crippen LogP contribution in [0.15, 0.2) is 12.3 Å². The fraction of sp³-hybridized carbons (Fsp3) is 0.800. The Morgan fingerprint density at radius 3 is 2.79 bits per heavy atom. The molecular weight excluding hydrogens is 236 g/mol. The summed E-state index contributed by atoms with van der Waals surface area (Å²) in [7, 11) is 0. The van der Waals surface area contributed by atoms with Crippen LogP contribution in [0.3, 0.4) is 0 Å². The summed E-state index contributed by atoms with van der Waals surface area (Å²) in [5.41, 5.74) is 6.86. The van der Waals surface area contributed by atoms with Crippen molar-refractivity contribution in [3.63, 3.8) is 0 Å². The lowest BCUT2D eigenvalue weighted by molar-refractivity contribution is 0.266. The van der Waals surface area contributed by atoms with Gasteiger partial charge in [0.25, 0.3) is 0 Å². The standard InChI is InChI=1S/C15H28N4/c1-2-10-18(12-9-16)13-14-8-11-19(17-14)15-6-4-3-5-7-15/h8,11,15H,2-7,9-10,12-13,16H2,1H3. The Morgan fingerprint density at radius 1 is 1.32 bits per heavy atom. The molecular formula is C15H28N4. The molecule has 0 saturated heterocycles. The fourth-order valence-electron chi connectivity index (χ4n) is 3.01. The normalized spacial score (nSPS) is 17.2. The van der Waals surface area contributed by atoms with Crippen LogP contribution in [0.2, 0.25) is 0 Å². The molecule has 4 nitrogen and oxygen atoms in total. The zero-order valence-electron chi connectivity index (χ0n) is 12.2. The molecule has 2 N–H and O–H groups in total. The fourth-order valence-corrected chi connectivity index (χ4v) is 3.01. The van der Waals surface area contributed by atoms with Gasteiger partial charge in [-0.1, -0.05) is 26.2 Å². The molecule has 19 heavy (non-hydrogen) atoms. The van der Waals surface area contributed by atoms with Gasteiger partial charge in [0.05, 0.1) is 11.7 Å². The predicted octanol–water partition coefficient (Wildman–Crippen LogP) is 2.56. The van der Waals surface area contributed by atoms with Gasteiger partial charge in [0.2, 0.25) is 0 Å². The average molecular weight is 264 g/mol. The van der Waals surface area contributed by atoms with Gasteiger partial charge in [-0.25, -0.2) is 0 Å². The summed E-state index contributed by atoms with van der Waals surface area (Å²) in [6, 6.07) is 2.81. The highest BCUT2D eigenvalue weighted by Gasteiger charge is 2.16. The van der Waals surface area contributed by atoms with E-state index in [-0.39, 0.29) is 0 Å². The van der Waals surface area contributed by atoms with Gasteiger partial charge in [0, 0.05) is 25.8 Å². The van der Waals surface area contributed by atoms with Crippen LogP contribution in [0.4, 0.5) is 0 Å². The maximum atomic E-state index is 5.67. The van der Waals surface area contributed by atoms with Crippen molar-refractivity contribution < 1.29 is 0 Å². The highest BCUT2D eigenvalue weighted by molar-refractivity contribution is 5.00. The van der Waals surface area contributed by atoms with Crippen molar-refractivity contribution >= 4 is 0 Å². The predicted molar refractivity (Wildman–Crippen MR) is 79.0 cm³/mol. The quantitative estimate of drug-likeness (QED) is 0.823. The van der Waals surface area contributed by atoms with E-state index >= 15 is 0 Å². The summed E-state index contributed by atoms with van der Waals surface area (Å²) in [6.45, 7) is 5.94. The molecule has 0 aliphatic heterocycles. The lowest BCUT2D eigenvalue weighted by atomic mass is 9.96. The number of rotatable bonds is 7. The molecule has 4 heteroatoms. The molecule has 1 aromatic heterocycles. The maximum Gasteiger partial charge on any atom is 0.0764 e. The van der Waals surface area contributed by atoms with Crippen LogP contribution in [0, 0.1) is 0 Å². The maximum absolute atomic E-state index is 5.67. The molecule has 0 atom stereocenters. The van der Waals surface area contributed by atoms with E-state index < -0.39 is 0 Å². The molecule has 1 aliphatic carbocycles. The zero-order valence-corrected chi connectivity index (χ0v) is 12.2. The van der Waals surface area contributed by atoms with E-state index in [1.54, 1.807) is 0 Å². The van der Waals surface area contributed by atoms with Crippen LogP contribution in [-0.2, 0) is 6.54 Å². The van der Waals surface area contributed by atoms with Crippen molar-refractivity contribution in [1.29, 1.82) is 0 Å². The number of nitrogens with zero attached hydrogens (tertiary/aromatic N) is 3. The van der Waals surface area contributed by atoms with Crippen LogP contribution in [0.5, 0.6) is 0 Å². The molecule has 1 aromatic rings. The van der Waals surface area contributed by atoms with E-state index in [4.69, 9.17) is 10.8 Å². The zero-order chi connectivity index (χ0) is 13.5. The lowest BCUT2D eigenvalue weighted by Crippen LogP contribution is -2.30. The van der Waals surface area contributed by atoms with Crippen molar-refractivity contribution in [2.45, 2.75) is 58.0 Å². The summed E-state index contributed by atoms with van der Waals surface area (Å²) in [5, 5.41) is 4.77. The number of aromatic nitrogens is 2. The SMILES string of the molecule is CCCN(CCN)Cc1ccn(C2CCCCC2)n1. The lowest BCUT2D eigenvalue weighted by Gasteiger charge is -2.22. The highest BCUT2D eigenvalue weighted by Crippen LogP contribution is 2.27. The first-order chi connectivity index (χ1) is 9.33. The second-order valence-corrected chi connectivity index (χ2v) is 5.64. The molecule has 2 rings (SSSR count). The van der Waals surface area contributed by atoms with Gasteiger partial charge in [-0.3, -0.25) is 9.58 Å². The van der Waals surface area contributed by atoms with Gasteiger partial charge in [0.15, 0.2) is 0 Å². The van der Waals surface area contributed by atoms with Crippen molar-refractivity contribution in [3.8, 4) is 0 Å². The topological polar surface area (TPSA) is 47.1 Å². The van der Waals surface area contributed by atoms with Gasteiger partial charge in [-0.15, -0.1) is 0 Å². The third kappa shape index (κ3) is 4.32. The third-order valence-electron chi connectivity index (χ3n) is 3.98. The molecule has 1 fully saturated rings. The smallest absolute Gasteiger partial charge is 0.0764 e. The molecule has 1 saturated carbocycles. The highest BCUT2D eigenvalue weighted by atomic mass is 15.3. The molecule has 108 valence electrons. The van der Waals surface area contributed by atoms with Crippen LogP contribution in [0.25, 0.3) is 0 Å². The summed E-state index contributed by atoms with van der Waals surface area (Å²) >= 11 is 0. The van der Waals surface area contributed by atoms with E-state index in [9.17, 15) is 0 Å². The van der Waals surface area contributed by atoms with Crippen molar-refractivity contribution in [3.05, 3.63) is 18.0 Å². The molecule has 0 aromatic carbocycles. The molecule has 0 unspecified atom stereocenters. The summed E-state index contributed by atoms with van der Waals surface area (Å²) < 4.78 is 2.20. The third-order valence-corrected chi connectivity index (χ3v) is 3.98. The van der Waals surface area contributed by atoms with Gasteiger partial charge in [-0.05, 0) is 31.9 Å². The van der Waals surface area contributed by atoms with Crippen molar-refractivity contribution in [2.24, 2.45) is 5.73 Å². The first-order valence-electron chi connectivity index (χ1n) is 7.80. The summed E-state index contributed by atoms with van der Waals surface area (Å²) in [5.74, 6) is 0. The molecule has 0 amide bonds. The number of nitrogens with two attached hydrogens (primary N) is 1. The second-order valence-electron chi connectivity index (χ2n) is 5.64. The van der Waals surface area contributed by atoms with Crippen LogP contribution in [0.1, 0.15) is 57.2 Å². The van der Waals surface area contributed by atoms with Crippen LogP contribution in [-0.4, -0.2) is 34.3 Å². The minimum atomic E-state index is 0.636. The first-order valence-corrected chi connectivity index (χ1v) is 7.80. The Kier molecular flexibility index (Phi) is 5.86. The second kappa shape index (κ2) is 7.65. The largest absolute Gasteiger partial charge is 0.329 e. The van der Waals surface area contributed by atoms with Gasteiger partial charge < -0.3 is 5.73 Å². The average Bonchev–Trinajstić information content (AvgIpc) is 2.89. The number of hydrogen-bond donors (Lipinski definition) is 1. The van der Waals surface area contributed by atoms with Gasteiger partial charge >= 0.3 is 0 Å². The van der Waals surface area contributed by atoms with Crippen molar-refractivity contribution in [1.82, 2.24) is 14.7 Å². The first kappa shape index (κ1) is 14.5. The molecule has 0 bridgehead atoms. The Labute approximate surface area is 117 Å². The molecule has 0 spiro atoms. The van der Waals surface area contributed by atoms with E-state index in [0.717, 1.165) is 26.2 Å². The molecule has 1 aliphatic rings. The van der Waals surface area contributed by atoms with E-state index in [1.807, 2.05) is 0 Å². The van der Waals surface area contributed by atoms with E-state index in [2.05, 4.69) is 28.8 Å². The Balaban J connectivity index is 1.91. The van der Waals surface area contributed by atoms with E-state index in [0.29, 0.717) is 6.04 Å². The molecule has 1 heterocycles. The van der Waals surface area contributed by atoms with Gasteiger partial charge in [0.1, 0.15) is 0 Å². The Bertz CT molecular complexity index is 349. The van der Waals surface area contributed by atoms with Crippen LogP contribution < -0.4 is 5.73 Å². The minimum Gasteiger partial charge on any atom is -0.329 e. The minimum absolute atomic E-state index is 0.636. The summed E-state index contributed by atoms with van der Waals surface area (Å²) in [6.07, 6.45) is 10.0. The Morgan fingerprint density at radius 2 is 2.11 bits per heavy atom. The van der Waals surface area contributed by atoms with Crippen molar-refractivity contribution in [2.75, 3.05) is 19.6 Å². The number of hydrogen-bond acceptors (Lipinski definition) is 3. The van der Waals surface area contributed by atoms with Gasteiger partial charge in [-0.2, -0.15) is 5.10 Å². The summed E-state index contributed by atoms with van der Waals surface area (Å²) in [4.78, 5) is 2.40. The monoisotopic (exact) mass is 264 g/mol. The Hall–Kier alpha value is -0.870.